The van der Waals surface area contributed by atoms with Crippen LogP contribution >= 0.6 is 0 Å². The van der Waals surface area contributed by atoms with Crippen molar-refractivity contribution in [2.45, 2.75) is 45.4 Å². The Bertz CT molecular complexity index is 624. The molecule has 2 aromatic rings. The highest BCUT2D eigenvalue weighted by Gasteiger charge is 2.18. The van der Waals surface area contributed by atoms with Gasteiger partial charge in [0.25, 0.3) is 0 Å². The summed E-state index contributed by atoms with van der Waals surface area (Å²) in [5.74, 6) is 1.38. The Balaban J connectivity index is 1.82. The predicted molar refractivity (Wildman–Crippen MR) is 87.5 cm³/mol. The van der Waals surface area contributed by atoms with E-state index in [1.807, 2.05) is 24.3 Å². The minimum absolute atomic E-state index is 0.638. The van der Waals surface area contributed by atoms with E-state index in [4.69, 9.17) is 0 Å². The van der Waals surface area contributed by atoms with Gasteiger partial charge in [0.05, 0.1) is 6.20 Å². The number of hydrogen-bond acceptors (Lipinski definition) is 4. The van der Waals surface area contributed by atoms with Crippen LogP contribution in [0, 0.1) is 5.92 Å². The van der Waals surface area contributed by atoms with Crippen molar-refractivity contribution in [3.8, 4) is 0 Å². The van der Waals surface area contributed by atoms with E-state index < -0.39 is 0 Å². The van der Waals surface area contributed by atoms with Gasteiger partial charge in [-0.25, -0.2) is 0 Å². The van der Waals surface area contributed by atoms with Crippen LogP contribution in [0.4, 0.5) is 5.82 Å². The van der Waals surface area contributed by atoms with Crippen LogP contribution in [0.15, 0.2) is 35.6 Å². The molecule has 4 heteroatoms. The molecule has 21 heavy (non-hydrogen) atoms. The van der Waals surface area contributed by atoms with Crippen molar-refractivity contribution in [2.75, 3.05) is 5.43 Å². The fourth-order valence-electron chi connectivity index (χ4n) is 3.13. The largest absolute Gasteiger partial charge is 0.259 e. The first-order valence-corrected chi connectivity index (χ1v) is 7.91. The van der Waals surface area contributed by atoms with Gasteiger partial charge in [-0.3, -0.25) is 5.43 Å². The average molecular weight is 282 g/mol. The quantitative estimate of drug-likeness (QED) is 0.668. The lowest BCUT2D eigenvalue weighted by atomic mass is 9.85. The van der Waals surface area contributed by atoms with Gasteiger partial charge in [-0.1, -0.05) is 50.5 Å². The second kappa shape index (κ2) is 6.66. The van der Waals surface area contributed by atoms with Crippen molar-refractivity contribution < 1.29 is 0 Å². The van der Waals surface area contributed by atoms with Gasteiger partial charge < -0.3 is 0 Å². The molecule has 0 aliphatic heterocycles. The summed E-state index contributed by atoms with van der Waals surface area (Å²) in [5, 5.41) is 15.0. The molecule has 1 aromatic carbocycles. The topological polar surface area (TPSA) is 50.2 Å². The molecule has 0 bridgehead atoms. The summed E-state index contributed by atoms with van der Waals surface area (Å²) in [7, 11) is 0. The van der Waals surface area contributed by atoms with E-state index in [2.05, 4.69) is 27.6 Å². The maximum atomic E-state index is 4.65. The summed E-state index contributed by atoms with van der Waals surface area (Å²) in [4.78, 5) is 0. The molecular weight excluding hydrogens is 260 g/mol. The zero-order valence-electron chi connectivity index (χ0n) is 12.5. The van der Waals surface area contributed by atoms with Gasteiger partial charge in [-0.05, 0) is 25.2 Å². The number of benzene rings is 1. The number of fused-ring (bicyclic) bond motifs is 1. The first-order valence-electron chi connectivity index (χ1n) is 7.91. The number of nitrogens with zero attached hydrogens (tertiary/aromatic N) is 3. The third kappa shape index (κ3) is 3.20. The maximum Gasteiger partial charge on any atom is 0.176 e. The lowest BCUT2D eigenvalue weighted by Gasteiger charge is -2.22. The van der Waals surface area contributed by atoms with E-state index in [1.54, 1.807) is 6.20 Å². The zero-order chi connectivity index (χ0) is 14.5. The molecule has 0 saturated heterocycles. The number of aromatic nitrogens is 2. The summed E-state index contributed by atoms with van der Waals surface area (Å²) in [6.45, 7) is 2.18. The normalized spacial score (nSPS) is 17.1. The molecular formula is C17H22N4. The van der Waals surface area contributed by atoms with E-state index in [-0.39, 0.29) is 0 Å². The number of nitrogens with one attached hydrogen (secondary N) is 1. The van der Waals surface area contributed by atoms with Crippen molar-refractivity contribution >= 4 is 22.3 Å². The van der Waals surface area contributed by atoms with Crippen molar-refractivity contribution in [3.05, 3.63) is 30.5 Å². The highest BCUT2D eigenvalue weighted by molar-refractivity contribution is 5.92. The molecule has 0 spiro atoms. The second-order valence-electron chi connectivity index (χ2n) is 5.68. The van der Waals surface area contributed by atoms with Crippen LogP contribution in [0.3, 0.4) is 0 Å². The molecule has 110 valence electrons. The number of hydrogen-bond donors (Lipinski definition) is 1. The van der Waals surface area contributed by atoms with Gasteiger partial charge in [-0.15, -0.1) is 5.10 Å². The molecule has 1 aromatic heterocycles. The molecule has 1 N–H and O–H groups in total. The van der Waals surface area contributed by atoms with E-state index in [0.29, 0.717) is 5.92 Å². The fourth-order valence-corrected chi connectivity index (χ4v) is 3.13. The summed E-state index contributed by atoms with van der Waals surface area (Å²) < 4.78 is 0. The Morgan fingerprint density at radius 2 is 2.05 bits per heavy atom. The molecule has 1 aliphatic carbocycles. The first-order chi connectivity index (χ1) is 10.4. The molecule has 0 amide bonds. The van der Waals surface area contributed by atoms with Gasteiger partial charge in [0.15, 0.2) is 5.82 Å². The Labute approximate surface area is 125 Å². The summed E-state index contributed by atoms with van der Waals surface area (Å²) in [6, 6.07) is 8.12. The molecule has 1 fully saturated rings. The Hall–Kier alpha value is -1.97. The van der Waals surface area contributed by atoms with E-state index >= 15 is 0 Å². The Morgan fingerprint density at radius 1 is 1.24 bits per heavy atom. The minimum atomic E-state index is 0.638. The molecule has 0 unspecified atom stereocenters. The zero-order valence-corrected chi connectivity index (χ0v) is 12.5. The molecule has 1 saturated carbocycles. The molecule has 4 nitrogen and oxygen atoms in total. The van der Waals surface area contributed by atoms with Gasteiger partial charge >= 0.3 is 0 Å². The monoisotopic (exact) mass is 282 g/mol. The van der Waals surface area contributed by atoms with Gasteiger partial charge in [-0.2, -0.15) is 10.2 Å². The molecule has 0 atom stereocenters. The van der Waals surface area contributed by atoms with E-state index in [1.165, 1.54) is 37.8 Å². The second-order valence-corrected chi connectivity index (χ2v) is 5.68. The van der Waals surface area contributed by atoms with Crippen LogP contribution in [-0.2, 0) is 0 Å². The highest BCUT2D eigenvalue weighted by atomic mass is 15.3. The summed E-state index contributed by atoms with van der Waals surface area (Å²) in [6.07, 6.45) is 9.36. The highest BCUT2D eigenvalue weighted by Crippen LogP contribution is 2.26. The van der Waals surface area contributed by atoms with Crippen LogP contribution in [-0.4, -0.2) is 15.9 Å². The standard InChI is InChI=1S/C17H22N4/c1-2-16(13-8-4-3-5-9-13)19-21-17-15-11-7-6-10-14(15)12-18-20-17/h6-7,10-13H,2-5,8-9H2,1H3,(H,20,21)/b19-16-. The lowest BCUT2D eigenvalue weighted by molar-refractivity contribution is 0.435. The number of hydrazone groups is 1. The first kappa shape index (κ1) is 14.0. The van der Waals surface area contributed by atoms with Crippen molar-refractivity contribution in [1.29, 1.82) is 0 Å². The van der Waals surface area contributed by atoms with Crippen molar-refractivity contribution in [3.63, 3.8) is 0 Å². The van der Waals surface area contributed by atoms with E-state index in [0.717, 1.165) is 23.0 Å². The number of rotatable bonds is 4. The minimum Gasteiger partial charge on any atom is -0.259 e. The average Bonchev–Trinajstić information content (AvgIpc) is 2.56. The molecule has 3 rings (SSSR count). The van der Waals surface area contributed by atoms with Gasteiger partial charge in [0.1, 0.15) is 0 Å². The van der Waals surface area contributed by atoms with Crippen LogP contribution in [0.1, 0.15) is 45.4 Å². The van der Waals surface area contributed by atoms with Crippen LogP contribution in [0.5, 0.6) is 0 Å². The van der Waals surface area contributed by atoms with Gasteiger partial charge in [0, 0.05) is 16.5 Å². The fraction of sp³-hybridized carbons (Fsp3) is 0.471. The third-order valence-corrected chi connectivity index (χ3v) is 4.31. The van der Waals surface area contributed by atoms with Crippen LogP contribution < -0.4 is 5.43 Å². The third-order valence-electron chi connectivity index (χ3n) is 4.31. The van der Waals surface area contributed by atoms with Crippen molar-refractivity contribution in [1.82, 2.24) is 10.2 Å². The maximum absolute atomic E-state index is 4.65. The SMILES string of the molecule is CC/C(=N/Nc1nncc2ccccc12)C1CCCCC1. The summed E-state index contributed by atoms with van der Waals surface area (Å²) in [5.41, 5.74) is 4.42. The molecule has 0 radical (unpaired) electrons. The summed E-state index contributed by atoms with van der Waals surface area (Å²) >= 11 is 0. The smallest absolute Gasteiger partial charge is 0.176 e. The molecule has 1 aliphatic rings. The van der Waals surface area contributed by atoms with Gasteiger partial charge in [0.2, 0.25) is 0 Å². The van der Waals surface area contributed by atoms with Crippen molar-refractivity contribution in [2.24, 2.45) is 11.0 Å². The predicted octanol–water partition coefficient (Wildman–Crippen LogP) is 4.39. The Morgan fingerprint density at radius 3 is 2.86 bits per heavy atom. The van der Waals surface area contributed by atoms with Crippen LogP contribution in [0.25, 0.3) is 10.8 Å². The van der Waals surface area contributed by atoms with Crippen LogP contribution in [0.2, 0.25) is 0 Å². The lowest BCUT2D eigenvalue weighted by Crippen LogP contribution is -2.18. The van der Waals surface area contributed by atoms with E-state index in [9.17, 15) is 0 Å². The Kier molecular flexibility index (Phi) is 4.43. The molecule has 1 heterocycles. The number of anilines is 1.